The summed E-state index contributed by atoms with van der Waals surface area (Å²) in [7, 11) is 0. The Balaban J connectivity index is 2.28. The lowest BCUT2D eigenvalue weighted by molar-refractivity contribution is 0.876. The first kappa shape index (κ1) is 11.0. The predicted octanol–water partition coefficient (Wildman–Crippen LogP) is 1.99. The number of hydrogen-bond donors (Lipinski definition) is 1. The molecule has 2 aromatic heterocycles. The number of benzene rings is 1. The van der Waals surface area contributed by atoms with Crippen molar-refractivity contribution in [2.45, 2.75) is 13.3 Å². The maximum Gasteiger partial charge on any atom is 0.163 e. The second-order valence-corrected chi connectivity index (χ2v) is 4.37. The highest BCUT2D eigenvalue weighted by Gasteiger charge is 2.04. The summed E-state index contributed by atoms with van der Waals surface area (Å²) in [6.07, 6.45) is 2.51. The van der Waals surface area contributed by atoms with Gasteiger partial charge in [-0.25, -0.2) is 15.0 Å². The van der Waals surface area contributed by atoms with Gasteiger partial charge in [-0.15, -0.1) is 0 Å². The Morgan fingerprint density at radius 1 is 1.17 bits per heavy atom. The summed E-state index contributed by atoms with van der Waals surface area (Å²) in [4.78, 5) is 13.4. The van der Waals surface area contributed by atoms with Gasteiger partial charge in [-0.2, -0.15) is 0 Å². The number of aromatic nitrogens is 3. The summed E-state index contributed by atoms with van der Waals surface area (Å²) in [5.41, 5.74) is 8.43. The molecule has 0 aliphatic heterocycles. The van der Waals surface area contributed by atoms with E-state index in [-0.39, 0.29) is 0 Å². The molecule has 0 bridgehead atoms. The molecule has 0 saturated carbocycles. The van der Waals surface area contributed by atoms with Gasteiger partial charge >= 0.3 is 0 Å². The minimum absolute atomic E-state index is 0.554. The third-order valence-electron chi connectivity index (χ3n) is 3.01. The van der Waals surface area contributed by atoms with Crippen LogP contribution >= 0.6 is 0 Å². The van der Waals surface area contributed by atoms with Crippen molar-refractivity contribution < 1.29 is 0 Å². The van der Waals surface area contributed by atoms with Crippen molar-refractivity contribution in [2.75, 3.05) is 6.54 Å². The summed E-state index contributed by atoms with van der Waals surface area (Å²) in [6.45, 7) is 2.61. The molecule has 2 N–H and O–H groups in total. The highest BCUT2D eigenvalue weighted by molar-refractivity contribution is 5.92. The van der Waals surface area contributed by atoms with Gasteiger partial charge in [-0.05, 0) is 25.1 Å². The van der Waals surface area contributed by atoms with Crippen LogP contribution in [0.4, 0.5) is 0 Å². The maximum atomic E-state index is 5.52. The zero-order valence-corrected chi connectivity index (χ0v) is 10.2. The molecule has 0 fully saturated rings. The van der Waals surface area contributed by atoms with Gasteiger partial charge in [0, 0.05) is 23.4 Å². The fourth-order valence-corrected chi connectivity index (χ4v) is 2.08. The molecule has 18 heavy (non-hydrogen) atoms. The Morgan fingerprint density at radius 3 is 2.89 bits per heavy atom. The van der Waals surface area contributed by atoms with E-state index in [2.05, 4.69) is 40.1 Å². The lowest BCUT2D eigenvalue weighted by Gasteiger charge is -2.04. The summed E-state index contributed by atoms with van der Waals surface area (Å²) in [6, 6.07) is 8.23. The van der Waals surface area contributed by atoms with E-state index < -0.39 is 0 Å². The van der Waals surface area contributed by atoms with Crippen LogP contribution in [0, 0.1) is 6.92 Å². The van der Waals surface area contributed by atoms with E-state index in [9.17, 15) is 0 Å². The van der Waals surface area contributed by atoms with Crippen LogP contribution < -0.4 is 5.73 Å². The SMILES string of the molecule is Cc1cccc2cc3cnc(CCN)nc3nc12. The predicted molar refractivity (Wildman–Crippen MR) is 72.3 cm³/mol. The Morgan fingerprint density at radius 2 is 2.06 bits per heavy atom. The molecule has 0 aliphatic carbocycles. The van der Waals surface area contributed by atoms with Gasteiger partial charge in [0.05, 0.1) is 5.52 Å². The molecule has 3 rings (SSSR count). The van der Waals surface area contributed by atoms with Crippen molar-refractivity contribution in [1.82, 2.24) is 15.0 Å². The van der Waals surface area contributed by atoms with Gasteiger partial charge in [-0.3, -0.25) is 0 Å². The van der Waals surface area contributed by atoms with Crippen molar-refractivity contribution >= 4 is 21.9 Å². The van der Waals surface area contributed by atoms with Crippen LogP contribution in [0.15, 0.2) is 30.5 Å². The number of rotatable bonds is 2. The molecule has 0 amide bonds. The molecule has 4 heteroatoms. The van der Waals surface area contributed by atoms with Crippen LogP contribution in [0.25, 0.3) is 21.9 Å². The highest BCUT2D eigenvalue weighted by Crippen LogP contribution is 2.20. The number of fused-ring (bicyclic) bond motifs is 2. The van der Waals surface area contributed by atoms with E-state index in [0.29, 0.717) is 13.0 Å². The molecule has 0 saturated heterocycles. The lowest BCUT2D eigenvalue weighted by atomic mass is 10.1. The first-order chi connectivity index (χ1) is 8.78. The fraction of sp³-hybridized carbons (Fsp3) is 0.214. The van der Waals surface area contributed by atoms with Crippen molar-refractivity contribution in [2.24, 2.45) is 5.73 Å². The Bertz CT molecular complexity index is 721. The van der Waals surface area contributed by atoms with E-state index in [1.807, 2.05) is 12.3 Å². The molecule has 3 aromatic rings. The third kappa shape index (κ3) is 1.80. The van der Waals surface area contributed by atoms with Gasteiger partial charge in [0.2, 0.25) is 0 Å². The molecule has 0 atom stereocenters. The average molecular weight is 238 g/mol. The monoisotopic (exact) mass is 238 g/mol. The van der Waals surface area contributed by atoms with Gasteiger partial charge in [-0.1, -0.05) is 18.2 Å². The zero-order valence-electron chi connectivity index (χ0n) is 10.2. The number of hydrogen-bond acceptors (Lipinski definition) is 4. The van der Waals surface area contributed by atoms with Crippen LogP contribution in [-0.4, -0.2) is 21.5 Å². The molecule has 0 aliphatic rings. The molecular formula is C14H14N4. The summed E-state index contributed by atoms with van der Waals surface area (Å²) in [5, 5.41) is 2.09. The molecule has 0 spiro atoms. The van der Waals surface area contributed by atoms with Gasteiger partial charge in [0.25, 0.3) is 0 Å². The molecular weight excluding hydrogens is 224 g/mol. The molecule has 2 heterocycles. The highest BCUT2D eigenvalue weighted by atomic mass is 14.9. The van der Waals surface area contributed by atoms with E-state index in [0.717, 1.165) is 33.3 Å². The van der Waals surface area contributed by atoms with E-state index in [4.69, 9.17) is 5.73 Å². The molecule has 0 radical (unpaired) electrons. The minimum Gasteiger partial charge on any atom is -0.330 e. The van der Waals surface area contributed by atoms with Gasteiger partial charge < -0.3 is 5.73 Å². The van der Waals surface area contributed by atoms with Crippen LogP contribution in [0.3, 0.4) is 0 Å². The quantitative estimate of drug-likeness (QED) is 0.693. The normalized spacial score (nSPS) is 11.2. The van der Waals surface area contributed by atoms with Crippen LogP contribution in [0.1, 0.15) is 11.4 Å². The van der Waals surface area contributed by atoms with Crippen molar-refractivity contribution in [3.8, 4) is 0 Å². The lowest BCUT2D eigenvalue weighted by Crippen LogP contribution is -2.06. The molecule has 90 valence electrons. The summed E-state index contributed by atoms with van der Waals surface area (Å²) >= 11 is 0. The second-order valence-electron chi connectivity index (χ2n) is 4.37. The second kappa shape index (κ2) is 4.31. The number of nitrogens with zero attached hydrogens (tertiary/aromatic N) is 3. The van der Waals surface area contributed by atoms with Crippen molar-refractivity contribution in [1.29, 1.82) is 0 Å². The average Bonchev–Trinajstić information content (AvgIpc) is 2.38. The number of para-hydroxylation sites is 1. The van der Waals surface area contributed by atoms with E-state index in [1.165, 1.54) is 0 Å². The van der Waals surface area contributed by atoms with Crippen molar-refractivity contribution in [3.05, 3.63) is 41.9 Å². The van der Waals surface area contributed by atoms with Crippen LogP contribution in [0.5, 0.6) is 0 Å². The number of pyridine rings is 1. The van der Waals surface area contributed by atoms with E-state index in [1.54, 1.807) is 0 Å². The Kier molecular flexibility index (Phi) is 2.64. The first-order valence-corrected chi connectivity index (χ1v) is 6.00. The van der Waals surface area contributed by atoms with Gasteiger partial charge in [0.1, 0.15) is 5.82 Å². The Labute approximate surface area is 105 Å². The number of nitrogens with two attached hydrogens (primary N) is 1. The van der Waals surface area contributed by atoms with Crippen LogP contribution in [0.2, 0.25) is 0 Å². The topological polar surface area (TPSA) is 64.7 Å². The molecule has 0 unspecified atom stereocenters. The smallest absolute Gasteiger partial charge is 0.163 e. The standard InChI is InChI=1S/C14H14N4/c1-9-3-2-4-10-7-11-8-16-12(5-6-15)17-14(11)18-13(9)10/h2-4,7-8H,5-6,15H2,1H3. The first-order valence-electron chi connectivity index (χ1n) is 6.00. The van der Waals surface area contributed by atoms with Gasteiger partial charge in [0.15, 0.2) is 5.65 Å². The third-order valence-corrected chi connectivity index (χ3v) is 3.01. The zero-order chi connectivity index (χ0) is 12.5. The van der Waals surface area contributed by atoms with E-state index >= 15 is 0 Å². The fourth-order valence-electron chi connectivity index (χ4n) is 2.08. The Hall–Kier alpha value is -2.07. The maximum absolute atomic E-state index is 5.52. The van der Waals surface area contributed by atoms with Crippen LogP contribution in [-0.2, 0) is 6.42 Å². The molecule has 4 nitrogen and oxygen atoms in total. The molecule has 1 aromatic carbocycles. The largest absolute Gasteiger partial charge is 0.330 e. The number of aryl methyl sites for hydroxylation is 1. The summed E-state index contributed by atoms with van der Waals surface area (Å²) < 4.78 is 0. The minimum atomic E-state index is 0.554. The van der Waals surface area contributed by atoms with Crippen molar-refractivity contribution in [3.63, 3.8) is 0 Å². The summed E-state index contributed by atoms with van der Waals surface area (Å²) in [5.74, 6) is 0.755.